The summed E-state index contributed by atoms with van der Waals surface area (Å²) in [6, 6.07) is 5.64. The number of rotatable bonds is 7. The van der Waals surface area contributed by atoms with Gasteiger partial charge >= 0.3 is 6.61 Å². The Bertz CT molecular complexity index is 398. The highest BCUT2D eigenvalue weighted by atomic mass is 19.3. The van der Waals surface area contributed by atoms with E-state index in [2.05, 4.69) is 10.1 Å². The lowest BCUT2D eigenvalue weighted by Gasteiger charge is -2.14. The first-order valence-electron chi connectivity index (χ1n) is 5.65. The Morgan fingerprint density at radius 1 is 1.42 bits per heavy atom. The van der Waals surface area contributed by atoms with E-state index in [1.807, 2.05) is 0 Å². The van der Waals surface area contributed by atoms with Gasteiger partial charge in [0.15, 0.2) is 0 Å². The highest BCUT2D eigenvalue weighted by Gasteiger charge is 2.07. The molecule has 0 saturated carbocycles. The Hall–Kier alpha value is -1.73. The Morgan fingerprint density at radius 3 is 2.58 bits per heavy atom. The molecule has 0 unspecified atom stereocenters. The lowest BCUT2D eigenvalue weighted by molar-refractivity contribution is -0.117. The molecule has 0 heterocycles. The zero-order chi connectivity index (χ0) is 14.3. The first kappa shape index (κ1) is 15.3. The molecule has 0 aliphatic heterocycles. The quantitative estimate of drug-likeness (QED) is 0.783. The molecule has 0 aliphatic rings. The number of hydrogen-bond donors (Lipinski definition) is 2. The number of nitrogens with zero attached hydrogens (tertiary/aromatic N) is 1. The molecule has 0 radical (unpaired) electrons. The number of amides is 1. The Morgan fingerprint density at radius 2 is 2.05 bits per heavy atom. The van der Waals surface area contributed by atoms with E-state index in [9.17, 15) is 13.6 Å². The number of hydrogen-bond acceptors (Lipinski definition) is 4. The van der Waals surface area contributed by atoms with Crippen LogP contribution in [0.2, 0.25) is 0 Å². The highest BCUT2D eigenvalue weighted by molar-refractivity contribution is 5.92. The van der Waals surface area contributed by atoms with Crippen molar-refractivity contribution in [3.63, 3.8) is 0 Å². The van der Waals surface area contributed by atoms with Crippen molar-refractivity contribution in [3.8, 4) is 5.75 Å². The first-order valence-corrected chi connectivity index (χ1v) is 5.65. The predicted molar refractivity (Wildman–Crippen MR) is 66.3 cm³/mol. The monoisotopic (exact) mass is 274 g/mol. The fraction of sp³-hybridized carbons (Fsp3) is 0.417. The second-order valence-electron chi connectivity index (χ2n) is 3.91. The SMILES string of the molecule is CN(CCO)CC(=O)Nc1ccc(OC(F)F)cc1. The number of ether oxygens (including phenoxy) is 1. The average Bonchev–Trinajstić information content (AvgIpc) is 2.31. The maximum absolute atomic E-state index is 11.9. The molecular weight excluding hydrogens is 258 g/mol. The molecular formula is C12H16F2N2O3. The zero-order valence-electron chi connectivity index (χ0n) is 10.5. The molecule has 0 aliphatic carbocycles. The van der Waals surface area contributed by atoms with Gasteiger partial charge in [-0.2, -0.15) is 8.78 Å². The number of halogens is 2. The topological polar surface area (TPSA) is 61.8 Å². The van der Waals surface area contributed by atoms with E-state index >= 15 is 0 Å². The number of aliphatic hydroxyl groups is 1. The van der Waals surface area contributed by atoms with Crippen molar-refractivity contribution >= 4 is 11.6 Å². The largest absolute Gasteiger partial charge is 0.435 e. The summed E-state index contributed by atoms with van der Waals surface area (Å²) in [5.41, 5.74) is 0.490. The van der Waals surface area contributed by atoms with E-state index in [1.54, 1.807) is 11.9 Å². The molecule has 0 bridgehead atoms. The van der Waals surface area contributed by atoms with Crippen molar-refractivity contribution in [1.29, 1.82) is 0 Å². The first-order chi connectivity index (χ1) is 9.01. The van der Waals surface area contributed by atoms with Crippen molar-refractivity contribution in [1.82, 2.24) is 4.90 Å². The van der Waals surface area contributed by atoms with Crippen LogP contribution in [0.25, 0.3) is 0 Å². The van der Waals surface area contributed by atoms with Gasteiger partial charge in [-0.15, -0.1) is 0 Å². The number of anilines is 1. The Balaban J connectivity index is 2.46. The lowest BCUT2D eigenvalue weighted by Crippen LogP contribution is -2.32. The second kappa shape index (κ2) is 7.65. The van der Waals surface area contributed by atoms with E-state index in [4.69, 9.17) is 5.11 Å². The molecule has 5 nitrogen and oxygen atoms in total. The van der Waals surface area contributed by atoms with E-state index in [1.165, 1.54) is 24.3 Å². The summed E-state index contributed by atoms with van der Waals surface area (Å²) in [5.74, 6) is -0.219. The normalized spacial score (nSPS) is 10.8. The molecule has 2 N–H and O–H groups in total. The minimum absolute atomic E-state index is 0.0244. The van der Waals surface area contributed by atoms with E-state index in [0.29, 0.717) is 12.2 Å². The maximum Gasteiger partial charge on any atom is 0.387 e. The van der Waals surface area contributed by atoms with Crippen LogP contribution in [-0.2, 0) is 4.79 Å². The third-order valence-electron chi connectivity index (χ3n) is 2.26. The zero-order valence-corrected chi connectivity index (χ0v) is 10.5. The van der Waals surface area contributed by atoms with Crippen LogP contribution in [0.15, 0.2) is 24.3 Å². The fourth-order valence-corrected chi connectivity index (χ4v) is 1.42. The number of nitrogens with one attached hydrogen (secondary N) is 1. The molecule has 0 aromatic heterocycles. The molecule has 19 heavy (non-hydrogen) atoms. The van der Waals surface area contributed by atoms with Gasteiger partial charge in [-0.25, -0.2) is 0 Å². The molecule has 1 amide bonds. The van der Waals surface area contributed by atoms with Crippen LogP contribution in [0.1, 0.15) is 0 Å². The molecule has 1 aromatic carbocycles. The number of likely N-dealkylation sites (N-methyl/N-ethyl adjacent to an activating group) is 1. The Kier molecular flexibility index (Phi) is 6.17. The van der Waals surface area contributed by atoms with Gasteiger partial charge in [-0.1, -0.05) is 0 Å². The minimum atomic E-state index is -2.87. The third-order valence-corrected chi connectivity index (χ3v) is 2.26. The summed E-state index contributed by atoms with van der Waals surface area (Å²) in [6.45, 7) is -2.36. The van der Waals surface area contributed by atoms with E-state index in [0.717, 1.165) is 0 Å². The second-order valence-corrected chi connectivity index (χ2v) is 3.91. The molecule has 0 atom stereocenters. The van der Waals surface area contributed by atoms with Crippen molar-refractivity contribution < 1.29 is 23.4 Å². The van der Waals surface area contributed by atoms with Crippen LogP contribution < -0.4 is 10.1 Å². The van der Waals surface area contributed by atoms with E-state index in [-0.39, 0.29) is 24.8 Å². The summed E-state index contributed by atoms with van der Waals surface area (Å²) < 4.78 is 28.0. The van der Waals surface area contributed by atoms with Crippen LogP contribution >= 0.6 is 0 Å². The molecule has 0 saturated heterocycles. The van der Waals surface area contributed by atoms with Gasteiger partial charge in [0.1, 0.15) is 5.75 Å². The average molecular weight is 274 g/mol. The predicted octanol–water partition coefficient (Wildman–Crippen LogP) is 1.15. The Labute approximate surface area is 109 Å². The van der Waals surface area contributed by atoms with Gasteiger partial charge in [0, 0.05) is 12.2 Å². The van der Waals surface area contributed by atoms with Crippen LogP contribution in [-0.4, -0.2) is 49.3 Å². The summed E-state index contributed by atoms with van der Waals surface area (Å²) in [6.07, 6.45) is 0. The van der Waals surface area contributed by atoms with Gasteiger partial charge in [-0.05, 0) is 31.3 Å². The summed E-state index contributed by atoms with van der Waals surface area (Å²) in [4.78, 5) is 13.2. The smallest absolute Gasteiger partial charge is 0.387 e. The molecule has 1 aromatic rings. The van der Waals surface area contributed by atoms with Crippen molar-refractivity contribution in [2.75, 3.05) is 32.1 Å². The third kappa shape index (κ3) is 6.12. The molecule has 1 rings (SSSR count). The maximum atomic E-state index is 11.9. The molecule has 0 fully saturated rings. The number of aliphatic hydroxyl groups excluding tert-OH is 1. The van der Waals surface area contributed by atoms with Gasteiger partial charge < -0.3 is 15.2 Å². The molecule has 7 heteroatoms. The van der Waals surface area contributed by atoms with E-state index < -0.39 is 6.61 Å². The van der Waals surface area contributed by atoms with Crippen LogP contribution in [0.3, 0.4) is 0 Å². The van der Waals surface area contributed by atoms with Crippen molar-refractivity contribution in [3.05, 3.63) is 24.3 Å². The lowest BCUT2D eigenvalue weighted by atomic mass is 10.3. The van der Waals surface area contributed by atoms with Crippen LogP contribution in [0.5, 0.6) is 5.75 Å². The van der Waals surface area contributed by atoms with Gasteiger partial charge in [0.05, 0.1) is 13.2 Å². The summed E-state index contributed by atoms with van der Waals surface area (Å²) in [7, 11) is 1.70. The number of carbonyl (C=O) groups is 1. The number of benzene rings is 1. The standard InChI is InChI=1S/C12H16F2N2O3/c1-16(6-7-17)8-11(18)15-9-2-4-10(5-3-9)19-12(13)14/h2-5,12,17H,6-8H2,1H3,(H,15,18). The minimum Gasteiger partial charge on any atom is -0.435 e. The summed E-state index contributed by atoms with van der Waals surface area (Å²) >= 11 is 0. The summed E-state index contributed by atoms with van der Waals surface area (Å²) in [5, 5.41) is 11.3. The van der Waals surface area contributed by atoms with Gasteiger partial charge in [0.25, 0.3) is 0 Å². The van der Waals surface area contributed by atoms with Gasteiger partial charge in [0.2, 0.25) is 5.91 Å². The van der Waals surface area contributed by atoms with Crippen LogP contribution in [0.4, 0.5) is 14.5 Å². The molecule has 106 valence electrons. The van der Waals surface area contributed by atoms with Crippen LogP contribution in [0, 0.1) is 0 Å². The van der Waals surface area contributed by atoms with Crippen molar-refractivity contribution in [2.45, 2.75) is 6.61 Å². The number of alkyl halides is 2. The number of carbonyl (C=O) groups excluding carboxylic acids is 1. The van der Waals surface area contributed by atoms with Gasteiger partial charge in [-0.3, -0.25) is 9.69 Å². The molecule has 0 spiro atoms. The van der Waals surface area contributed by atoms with Crippen molar-refractivity contribution in [2.24, 2.45) is 0 Å². The highest BCUT2D eigenvalue weighted by Crippen LogP contribution is 2.17. The fourth-order valence-electron chi connectivity index (χ4n) is 1.42.